The molecule has 0 radical (unpaired) electrons. The standard InChI is InChI=1S/C23H27Cl2FN2O2/c1-5-20(22(30)27-23(2,3)4)28(14-15-9-11-16(26)12-10-15)21(29)13-17-18(24)7-6-8-19(17)25/h6-12,20H,5,13-14H2,1-4H3,(H,27,30). The number of benzene rings is 2. The van der Waals surface area contributed by atoms with Gasteiger partial charge in [0.05, 0.1) is 6.42 Å². The third kappa shape index (κ3) is 6.71. The quantitative estimate of drug-likeness (QED) is 0.611. The monoisotopic (exact) mass is 452 g/mol. The summed E-state index contributed by atoms with van der Waals surface area (Å²) in [6.07, 6.45) is 0.379. The van der Waals surface area contributed by atoms with E-state index in [9.17, 15) is 14.0 Å². The Morgan fingerprint density at radius 3 is 2.13 bits per heavy atom. The van der Waals surface area contributed by atoms with Crippen molar-refractivity contribution in [2.75, 3.05) is 0 Å². The third-order valence-corrected chi connectivity index (χ3v) is 5.25. The normalized spacial score (nSPS) is 12.4. The highest BCUT2D eigenvalue weighted by Crippen LogP contribution is 2.26. The van der Waals surface area contributed by atoms with Gasteiger partial charge in [0, 0.05) is 22.1 Å². The molecule has 0 bridgehead atoms. The lowest BCUT2D eigenvalue weighted by molar-refractivity contribution is -0.141. The molecular weight excluding hydrogens is 426 g/mol. The molecule has 2 aromatic rings. The van der Waals surface area contributed by atoms with E-state index in [-0.39, 0.29) is 30.6 Å². The number of amides is 2. The second kappa shape index (κ2) is 10.3. The van der Waals surface area contributed by atoms with Gasteiger partial charge in [-0.3, -0.25) is 9.59 Å². The van der Waals surface area contributed by atoms with Crippen LogP contribution in [0.25, 0.3) is 0 Å². The van der Waals surface area contributed by atoms with E-state index < -0.39 is 11.6 Å². The van der Waals surface area contributed by atoms with Crippen molar-refractivity contribution in [2.24, 2.45) is 0 Å². The highest BCUT2D eigenvalue weighted by molar-refractivity contribution is 6.36. The molecule has 0 fully saturated rings. The number of hydrogen-bond acceptors (Lipinski definition) is 2. The zero-order chi connectivity index (χ0) is 22.5. The van der Waals surface area contributed by atoms with Gasteiger partial charge in [0.2, 0.25) is 11.8 Å². The van der Waals surface area contributed by atoms with Crippen molar-refractivity contribution in [3.05, 3.63) is 69.5 Å². The van der Waals surface area contributed by atoms with Crippen molar-refractivity contribution in [1.29, 1.82) is 0 Å². The Hall–Kier alpha value is -2.11. The Labute approximate surface area is 187 Å². The largest absolute Gasteiger partial charge is 0.350 e. The summed E-state index contributed by atoms with van der Waals surface area (Å²) in [7, 11) is 0. The van der Waals surface area contributed by atoms with E-state index in [0.29, 0.717) is 22.0 Å². The highest BCUT2D eigenvalue weighted by Gasteiger charge is 2.31. The lowest BCUT2D eigenvalue weighted by Gasteiger charge is -2.33. The Kier molecular flexibility index (Phi) is 8.27. The topological polar surface area (TPSA) is 49.4 Å². The van der Waals surface area contributed by atoms with Crippen molar-refractivity contribution in [2.45, 2.75) is 58.7 Å². The zero-order valence-corrected chi connectivity index (χ0v) is 19.1. The Bertz CT molecular complexity index is 875. The molecule has 2 rings (SSSR count). The van der Waals surface area contributed by atoms with Gasteiger partial charge in [-0.15, -0.1) is 0 Å². The number of halogens is 3. The van der Waals surface area contributed by atoms with Crippen molar-refractivity contribution in [3.63, 3.8) is 0 Å². The molecule has 0 spiro atoms. The lowest BCUT2D eigenvalue weighted by Crippen LogP contribution is -2.53. The van der Waals surface area contributed by atoms with Gasteiger partial charge in [-0.1, -0.05) is 48.3 Å². The van der Waals surface area contributed by atoms with Gasteiger partial charge in [-0.05, 0) is 62.6 Å². The molecule has 162 valence electrons. The van der Waals surface area contributed by atoms with Crippen molar-refractivity contribution in [1.82, 2.24) is 10.2 Å². The molecule has 30 heavy (non-hydrogen) atoms. The van der Waals surface area contributed by atoms with Gasteiger partial charge in [-0.25, -0.2) is 4.39 Å². The number of nitrogens with one attached hydrogen (secondary N) is 1. The molecule has 0 aliphatic heterocycles. The van der Waals surface area contributed by atoms with Gasteiger partial charge in [0.1, 0.15) is 11.9 Å². The second-order valence-corrected chi connectivity index (χ2v) is 9.00. The van der Waals surface area contributed by atoms with Gasteiger partial charge < -0.3 is 10.2 Å². The van der Waals surface area contributed by atoms with Crippen LogP contribution in [-0.2, 0) is 22.6 Å². The Morgan fingerprint density at radius 1 is 1.07 bits per heavy atom. The molecule has 1 unspecified atom stereocenters. The van der Waals surface area contributed by atoms with Gasteiger partial charge in [-0.2, -0.15) is 0 Å². The van der Waals surface area contributed by atoms with E-state index in [1.807, 2.05) is 27.7 Å². The smallest absolute Gasteiger partial charge is 0.243 e. The average molecular weight is 453 g/mol. The van der Waals surface area contributed by atoms with E-state index >= 15 is 0 Å². The van der Waals surface area contributed by atoms with Crippen LogP contribution in [0.15, 0.2) is 42.5 Å². The van der Waals surface area contributed by atoms with Crippen molar-refractivity contribution < 1.29 is 14.0 Å². The maximum absolute atomic E-state index is 13.3. The SMILES string of the molecule is CCC(C(=O)NC(C)(C)C)N(Cc1ccc(F)cc1)C(=O)Cc1c(Cl)cccc1Cl. The highest BCUT2D eigenvalue weighted by atomic mass is 35.5. The fourth-order valence-electron chi connectivity index (χ4n) is 3.11. The number of carbonyl (C=O) groups excluding carboxylic acids is 2. The summed E-state index contributed by atoms with van der Waals surface area (Å²) in [6, 6.07) is 10.2. The van der Waals surface area contributed by atoms with Crippen LogP contribution in [0.4, 0.5) is 4.39 Å². The number of rotatable bonds is 7. The lowest BCUT2D eigenvalue weighted by atomic mass is 10.0. The molecular formula is C23H27Cl2FN2O2. The molecule has 0 aromatic heterocycles. The van der Waals surface area contributed by atoms with Crippen LogP contribution >= 0.6 is 23.2 Å². The number of nitrogens with zero attached hydrogens (tertiary/aromatic N) is 1. The summed E-state index contributed by atoms with van der Waals surface area (Å²) in [5.74, 6) is -0.895. The minimum atomic E-state index is -0.692. The molecule has 1 atom stereocenters. The molecule has 0 aliphatic carbocycles. The molecule has 2 amide bonds. The predicted octanol–water partition coefficient (Wildman–Crippen LogP) is 5.40. The fraction of sp³-hybridized carbons (Fsp3) is 0.391. The average Bonchev–Trinajstić information content (AvgIpc) is 2.64. The first-order valence-corrected chi connectivity index (χ1v) is 10.6. The summed E-state index contributed by atoms with van der Waals surface area (Å²) < 4.78 is 13.3. The van der Waals surface area contributed by atoms with E-state index in [0.717, 1.165) is 5.56 Å². The summed E-state index contributed by atoms with van der Waals surface area (Å²) in [5, 5.41) is 3.73. The van der Waals surface area contributed by atoms with E-state index in [2.05, 4.69) is 5.32 Å². The first-order valence-electron chi connectivity index (χ1n) is 9.80. The van der Waals surface area contributed by atoms with E-state index in [4.69, 9.17) is 23.2 Å². The Balaban J connectivity index is 2.36. The van der Waals surface area contributed by atoms with Gasteiger partial charge in [0.25, 0.3) is 0 Å². The van der Waals surface area contributed by atoms with Crippen molar-refractivity contribution in [3.8, 4) is 0 Å². The molecule has 0 saturated heterocycles. The minimum absolute atomic E-state index is 0.0427. The minimum Gasteiger partial charge on any atom is -0.350 e. The van der Waals surface area contributed by atoms with E-state index in [1.165, 1.54) is 17.0 Å². The fourth-order valence-corrected chi connectivity index (χ4v) is 3.64. The number of carbonyl (C=O) groups is 2. The second-order valence-electron chi connectivity index (χ2n) is 8.19. The van der Waals surface area contributed by atoms with Crippen LogP contribution in [0, 0.1) is 5.82 Å². The first kappa shape index (κ1) is 24.2. The molecule has 7 heteroatoms. The van der Waals surface area contributed by atoms with Crippen molar-refractivity contribution >= 4 is 35.0 Å². The summed E-state index contributed by atoms with van der Waals surface area (Å²) >= 11 is 12.5. The maximum atomic E-state index is 13.3. The van der Waals surface area contributed by atoms with Crippen LogP contribution in [-0.4, -0.2) is 28.3 Å². The van der Waals surface area contributed by atoms with Gasteiger partial charge in [0.15, 0.2) is 0 Å². The zero-order valence-electron chi connectivity index (χ0n) is 17.6. The van der Waals surface area contributed by atoms with E-state index in [1.54, 1.807) is 30.3 Å². The number of hydrogen-bond donors (Lipinski definition) is 1. The van der Waals surface area contributed by atoms with Crippen LogP contribution in [0.3, 0.4) is 0 Å². The molecule has 1 N–H and O–H groups in total. The summed E-state index contributed by atoms with van der Waals surface area (Å²) in [5.41, 5.74) is 0.791. The third-order valence-electron chi connectivity index (χ3n) is 4.54. The van der Waals surface area contributed by atoms with Crippen LogP contribution < -0.4 is 5.32 Å². The molecule has 0 heterocycles. The maximum Gasteiger partial charge on any atom is 0.243 e. The van der Waals surface area contributed by atoms with Crippen LogP contribution in [0.1, 0.15) is 45.2 Å². The Morgan fingerprint density at radius 2 is 1.63 bits per heavy atom. The molecule has 2 aromatic carbocycles. The first-order chi connectivity index (χ1) is 14.0. The van der Waals surface area contributed by atoms with Crippen LogP contribution in [0.5, 0.6) is 0 Å². The van der Waals surface area contributed by atoms with Crippen LogP contribution in [0.2, 0.25) is 10.0 Å². The predicted molar refractivity (Wildman–Crippen MR) is 119 cm³/mol. The summed E-state index contributed by atoms with van der Waals surface area (Å²) in [6.45, 7) is 7.66. The summed E-state index contributed by atoms with van der Waals surface area (Å²) in [4.78, 5) is 27.8. The van der Waals surface area contributed by atoms with Gasteiger partial charge >= 0.3 is 0 Å². The molecule has 4 nitrogen and oxygen atoms in total. The molecule has 0 aliphatic rings. The molecule has 0 saturated carbocycles.